The van der Waals surface area contributed by atoms with Gasteiger partial charge in [0.05, 0.1) is 0 Å². The summed E-state index contributed by atoms with van der Waals surface area (Å²) in [6.45, 7) is 2.07. The highest BCUT2D eigenvalue weighted by molar-refractivity contribution is 5.87. The van der Waals surface area contributed by atoms with Crippen molar-refractivity contribution in [2.45, 2.75) is 18.9 Å². The van der Waals surface area contributed by atoms with Gasteiger partial charge in [-0.1, -0.05) is 6.08 Å². The number of aromatic nitrogens is 2. The van der Waals surface area contributed by atoms with Crippen molar-refractivity contribution >= 4 is 11.6 Å². The summed E-state index contributed by atoms with van der Waals surface area (Å²) in [4.78, 5) is 35.3. The summed E-state index contributed by atoms with van der Waals surface area (Å²) in [5.41, 5.74) is 2.27. The van der Waals surface area contributed by atoms with Crippen LogP contribution < -0.4 is 10.9 Å². The first-order chi connectivity index (χ1) is 13.5. The van der Waals surface area contributed by atoms with Crippen LogP contribution in [0.2, 0.25) is 0 Å². The minimum atomic E-state index is -0.160. The molecule has 3 heterocycles. The van der Waals surface area contributed by atoms with Crippen molar-refractivity contribution in [3.63, 3.8) is 0 Å². The molecule has 0 bridgehead atoms. The number of likely N-dealkylation sites (tertiary alicyclic amines) is 1. The van der Waals surface area contributed by atoms with Crippen molar-refractivity contribution < 1.29 is 4.79 Å². The van der Waals surface area contributed by atoms with Gasteiger partial charge in [-0.15, -0.1) is 0 Å². The molecule has 0 aromatic carbocycles. The van der Waals surface area contributed by atoms with Crippen LogP contribution in [-0.2, 0) is 4.79 Å². The highest BCUT2D eigenvalue weighted by Gasteiger charge is 2.23. The number of H-pyrrole nitrogens is 1. The molecular formula is C21H27N5O2. The van der Waals surface area contributed by atoms with Gasteiger partial charge in [-0.05, 0) is 50.7 Å². The number of nitrogens with one attached hydrogen (secondary N) is 2. The van der Waals surface area contributed by atoms with E-state index in [9.17, 15) is 9.59 Å². The van der Waals surface area contributed by atoms with Crippen molar-refractivity contribution in [1.82, 2.24) is 19.8 Å². The Labute approximate surface area is 165 Å². The lowest BCUT2D eigenvalue weighted by molar-refractivity contribution is -0.127. The molecule has 2 N–H and O–H groups in total. The molecule has 0 spiro atoms. The number of anilines is 1. The summed E-state index contributed by atoms with van der Waals surface area (Å²) >= 11 is 0. The molecular weight excluding hydrogens is 354 g/mol. The standard InChI is InChI=1S/C21H27N5O2/c1-25(2)11-4-6-20(27)26-12-3-5-18(15-26)24-19-13-17(14-23-21(19)28)16-7-9-22-10-8-16/h4,6-10,13-14,18,24H,3,5,11-12,15H2,1-2H3,(H,23,28)/b6-4+. The fourth-order valence-corrected chi connectivity index (χ4v) is 3.29. The van der Waals surface area contributed by atoms with Gasteiger partial charge in [-0.25, -0.2) is 0 Å². The molecule has 7 nitrogen and oxygen atoms in total. The summed E-state index contributed by atoms with van der Waals surface area (Å²) in [5.74, 6) is 0.0211. The Morgan fingerprint density at radius 3 is 2.89 bits per heavy atom. The van der Waals surface area contributed by atoms with Crippen LogP contribution in [0.25, 0.3) is 11.1 Å². The third kappa shape index (κ3) is 5.29. The van der Waals surface area contributed by atoms with Crippen molar-refractivity contribution in [2.24, 2.45) is 0 Å². The molecule has 28 heavy (non-hydrogen) atoms. The molecule has 1 aliphatic rings. The minimum absolute atomic E-state index is 0.0211. The Morgan fingerprint density at radius 1 is 1.36 bits per heavy atom. The van der Waals surface area contributed by atoms with Crippen LogP contribution in [-0.4, -0.2) is 65.4 Å². The Morgan fingerprint density at radius 2 is 2.14 bits per heavy atom. The second-order valence-electron chi connectivity index (χ2n) is 7.30. The fraction of sp³-hybridized carbons (Fsp3) is 0.381. The lowest BCUT2D eigenvalue weighted by Crippen LogP contribution is -2.45. The third-order valence-corrected chi connectivity index (χ3v) is 4.74. The SMILES string of the molecule is CN(C)C/C=C/C(=O)N1CCCC(Nc2cc(-c3ccncc3)c[nH]c2=O)C1. The Balaban J connectivity index is 1.67. The number of pyridine rings is 2. The molecule has 1 unspecified atom stereocenters. The zero-order valence-corrected chi connectivity index (χ0v) is 16.4. The molecule has 1 amide bonds. The second-order valence-corrected chi connectivity index (χ2v) is 7.30. The molecule has 3 rings (SSSR count). The van der Waals surface area contributed by atoms with Crippen molar-refractivity contribution in [3.05, 3.63) is 59.3 Å². The molecule has 1 aliphatic heterocycles. The van der Waals surface area contributed by atoms with Gasteiger partial charge in [-0.3, -0.25) is 14.6 Å². The van der Waals surface area contributed by atoms with Gasteiger partial charge in [-0.2, -0.15) is 0 Å². The van der Waals surface area contributed by atoms with Crippen molar-refractivity contribution in [2.75, 3.05) is 39.0 Å². The molecule has 1 saturated heterocycles. The first-order valence-corrected chi connectivity index (χ1v) is 9.53. The highest BCUT2D eigenvalue weighted by atomic mass is 16.2. The van der Waals surface area contributed by atoms with Crippen LogP contribution >= 0.6 is 0 Å². The maximum absolute atomic E-state index is 12.4. The van der Waals surface area contributed by atoms with E-state index in [4.69, 9.17) is 0 Å². The molecule has 148 valence electrons. The van der Waals surface area contributed by atoms with Crippen LogP contribution in [0.1, 0.15) is 12.8 Å². The van der Waals surface area contributed by atoms with E-state index in [0.717, 1.165) is 37.1 Å². The van der Waals surface area contributed by atoms with Gasteiger partial charge in [0.1, 0.15) is 5.69 Å². The number of amides is 1. The van der Waals surface area contributed by atoms with Gasteiger partial charge < -0.3 is 20.1 Å². The lowest BCUT2D eigenvalue weighted by atomic mass is 10.0. The first kappa shape index (κ1) is 19.8. The van der Waals surface area contributed by atoms with Crippen LogP contribution in [0.15, 0.2) is 53.7 Å². The smallest absolute Gasteiger partial charge is 0.271 e. The number of hydrogen-bond donors (Lipinski definition) is 2. The zero-order valence-electron chi connectivity index (χ0n) is 16.4. The first-order valence-electron chi connectivity index (χ1n) is 9.53. The van der Waals surface area contributed by atoms with E-state index >= 15 is 0 Å². The van der Waals surface area contributed by atoms with Gasteiger partial charge in [0.15, 0.2) is 0 Å². The van der Waals surface area contributed by atoms with Crippen LogP contribution in [0.5, 0.6) is 0 Å². The topological polar surface area (TPSA) is 81.3 Å². The summed E-state index contributed by atoms with van der Waals surface area (Å²) in [6, 6.07) is 5.71. The molecule has 1 fully saturated rings. The predicted octanol–water partition coefficient (Wildman–Crippen LogP) is 1.96. The molecule has 2 aromatic heterocycles. The molecule has 2 aromatic rings. The van der Waals surface area contributed by atoms with Gasteiger partial charge >= 0.3 is 0 Å². The maximum Gasteiger partial charge on any atom is 0.271 e. The predicted molar refractivity (Wildman–Crippen MR) is 111 cm³/mol. The Bertz CT molecular complexity index is 876. The highest BCUT2D eigenvalue weighted by Crippen LogP contribution is 2.20. The normalized spacial score (nSPS) is 17.2. The lowest BCUT2D eigenvalue weighted by Gasteiger charge is -2.33. The van der Waals surface area contributed by atoms with Crippen LogP contribution in [0.4, 0.5) is 5.69 Å². The van der Waals surface area contributed by atoms with E-state index in [2.05, 4.69) is 15.3 Å². The average molecular weight is 381 g/mol. The summed E-state index contributed by atoms with van der Waals surface area (Å²) in [7, 11) is 3.93. The number of rotatable bonds is 6. The monoisotopic (exact) mass is 381 g/mol. The summed E-state index contributed by atoms with van der Waals surface area (Å²) < 4.78 is 0. The van der Waals surface area contributed by atoms with Crippen molar-refractivity contribution in [3.8, 4) is 11.1 Å². The number of hydrogen-bond acceptors (Lipinski definition) is 5. The Hall–Kier alpha value is -2.93. The van der Waals surface area contributed by atoms with Gasteiger partial charge in [0.2, 0.25) is 5.91 Å². The van der Waals surface area contributed by atoms with Gasteiger partial charge in [0.25, 0.3) is 5.56 Å². The fourth-order valence-electron chi connectivity index (χ4n) is 3.29. The maximum atomic E-state index is 12.4. The summed E-state index contributed by atoms with van der Waals surface area (Å²) in [5, 5.41) is 3.33. The minimum Gasteiger partial charge on any atom is -0.376 e. The number of piperidine rings is 1. The van der Waals surface area contributed by atoms with Crippen molar-refractivity contribution in [1.29, 1.82) is 0 Å². The molecule has 0 radical (unpaired) electrons. The van der Waals surface area contributed by atoms with E-state index in [1.165, 1.54) is 0 Å². The van der Waals surface area contributed by atoms with E-state index in [1.807, 2.05) is 48.2 Å². The molecule has 0 saturated carbocycles. The average Bonchev–Trinajstić information content (AvgIpc) is 2.70. The largest absolute Gasteiger partial charge is 0.376 e. The molecule has 7 heteroatoms. The zero-order chi connectivity index (χ0) is 19.9. The quantitative estimate of drug-likeness (QED) is 0.748. The number of aromatic amines is 1. The number of carbonyl (C=O) groups is 1. The van der Waals surface area contributed by atoms with E-state index in [0.29, 0.717) is 12.2 Å². The van der Waals surface area contributed by atoms with Gasteiger partial charge in [0, 0.05) is 55.9 Å². The third-order valence-electron chi connectivity index (χ3n) is 4.74. The Kier molecular flexibility index (Phi) is 6.60. The molecule has 0 aliphatic carbocycles. The van der Waals surface area contributed by atoms with Crippen LogP contribution in [0, 0.1) is 0 Å². The second kappa shape index (κ2) is 9.32. The van der Waals surface area contributed by atoms with Crippen LogP contribution in [0.3, 0.4) is 0 Å². The van der Waals surface area contributed by atoms with E-state index in [-0.39, 0.29) is 17.5 Å². The number of carbonyl (C=O) groups excluding carboxylic acids is 1. The number of nitrogens with zero attached hydrogens (tertiary/aromatic N) is 3. The molecule has 1 atom stereocenters. The van der Waals surface area contributed by atoms with E-state index < -0.39 is 0 Å². The van der Waals surface area contributed by atoms with E-state index in [1.54, 1.807) is 24.7 Å². The number of likely N-dealkylation sites (N-methyl/N-ethyl adjacent to an activating group) is 1. The summed E-state index contributed by atoms with van der Waals surface area (Å²) in [6.07, 6.45) is 10.5.